The predicted octanol–water partition coefficient (Wildman–Crippen LogP) is 1.69. The van der Waals surface area contributed by atoms with Crippen molar-refractivity contribution in [3.8, 4) is 0 Å². The number of hydrogen-bond donors (Lipinski definition) is 1. The Labute approximate surface area is 115 Å². The lowest BCUT2D eigenvalue weighted by Gasteiger charge is -2.02. The number of carboxylic acid groups (broad SMARTS) is 1. The number of fused-ring (bicyclic) bond motifs is 1. The Kier molecular flexibility index (Phi) is 4.10. The highest BCUT2D eigenvalue weighted by molar-refractivity contribution is 7.90. The summed E-state index contributed by atoms with van der Waals surface area (Å²) in [5, 5.41) is 9.65. The van der Waals surface area contributed by atoms with E-state index in [1.807, 2.05) is 0 Å². The molecule has 0 aliphatic rings. The van der Waals surface area contributed by atoms with E-state index in [-0.39, 0.29) is 23.7 Å². The molecule has 0 unspecified atom stereocenters. The molecule has 0 amide bonds. The van der Waals surface area contributed by atoms with E-state index in [0.717, 1.165) is 0 Å². The third-order valence-corrected chi connectivity index (χ3v) is 4.32. The lowest BCUT2D eigenvalue weighted by atomic mass is 10.1. The standard InChI is InChI=1S/C13H14O6S/c1-18-6-7-20(16,17)8-11-12(13(14)15)9-4-2-3-5-10(9)19-11/h2-5H,6-8H2,1H3,(H,14,15). The van der Waals surface area contributed by atoms with Crippen molar-refractivity contribution in [2.75, 3.05) is 19.5 Å². The largest absolute Gasteiger partial charge is 0.478 e. The quantitative estimate of drug-likeness (QED) is 0.872. The molecule has 108 valence electrons. The zero-order valence-electron chi connectivity index (χ0n) is 10.8. The fourth-order valence-electron chi connectivity index (χ4n) is 1.91. The summed E-state index contributed by atoms with van der Waals surface area (Å²) in [6.07, 6.45) is 0. The molecule has 6 nitrogen and oxygen atoms in total. The zero-order chi connectivity index (χ0) is 14.8. The average Bonchev–Trinajstić information content (AvgIpc) is 2.73. The molecule has 0 aliphatic carbocycles. The highest BCUT2D eigenvalue weighted by Crippen LogP contribution is 2.27. The van der Waals surface area contributed by atoms with Gasteiger partial charge in [0, 0.05) is 12.5 Å². The third kappa shape index (κ3) is 3.00. The van der Waals surface area contributed by atoms with E-state index in [9.17, 15) is 18.3 Å². The predicted molar refractivity (Wildman–Crippen MR) is 72.5 cm³/mol. The average molecular weight is 298 g/mol. The Bertz CT molecular complexity index is 728. The number of methoxy groups -OCH3 is 1. The highest BCUT2D eigenvalue weighted by atomic mass is 32.2. The summed E-state index contributed by atoms with van der Waals surface area (Å²) in [4.78, 5) is 11.3. The second-order valence-corrected chi connectivity index (χ2v) is 6.47. The monoisotopic (exact) mass is 298 g/mol. The first kappa shape index (κ1) is 14.5. The Morgan fingerprint density at radius 3 is 2.70 bits per heavy atom. The number of carboxylic acids is 1. The van der Waals surface area contributed by atoms with Crippen LogP contribution in [0, 0.1) is 0 Å². The number of benzene rings is 1. The Hall–Kier alpha value is -1.86. The van der Waals surface area contributed by atoms with Gasteiger partial charge in [-0.05, 0) is 6.07 Å². The van der Waals surface area contributed by atoms with E-state index < -0.39 is 21.6 Å². The number of ether oxygens (including phenoxy) is 1. The summed E-state index contributed by atoms with van der Waals surface area (Å²) < 4.78 is 33.9. The van der Waals surface area contributed by atoms with Crippen LogP contribution >= 0.6 is 0 Å². The molecule has 0 bridgehead atoms. The summed E-state index contributed by atoms with van der Waals surface area (Å²) in [6.45, 7) is 0.0605. The number of sulfone groups is 1. The number of rotatable bonds is 6. The van der Waals surface area contributed by atoms with Gasteiger partial charge in [-0.2, -0.15) is 0 Å². The fraction of sp³-hybridized carbons (Fsp3) is 0.308. The van der Waals surface area contributed by atoms with Gasteiger partial charge < -0.3 is 14.3 Å². The van der Waals surface area contributed by atoms with E-state index in [1.54, 1.807) is 24.3 Å². The lowest BCUT2D eigenvalue weighted by Crippen LogP contribution is -2.14. The summed E-state index contributed by atoms with van der Waals surface area (Å²) in [7, 11) is -2.08. The van der Waals surface area contributed by atoms with Crippen molar-refractivity contribution in [3.05, 3.63) is 35.6 Å². The van der Waals surface area contributed by atoms with Gasteiger partial charge in [-0.15, -0.1) is 0 Å². The van der Waals surface area contributed by atoms with Crippen LogP contribution in [0.25, 0.3) is 11.0 Å². The number of hydrogen-bond acceptors (Lipinski definition) is 5. The molecule has 0 saturated carbocycles. The Morgan fingerprint density at radius 2 is 2.05 bits per heavy atom. The zero-order valence-corrected chi connectivity index (χ0v) is 11.6. The smallest absolute Gasteiger partial charge is 0.339 e. The molecule has 7 heteroatoms. The molecule has 2 aromatic rings. The van der Waals surface area contributed by atoms with Crippen LogP contribution in [0.3, 0.4) is 0 Å². The second kappa shape index (κ2) is 5.64. The van der Waals surface area contributed by atoms with Gasteiger partial charge in [-0.1, -0.05) is 18.2 Å². The molecule has 0 aliphatic heterocycles. The Morgan fingerprint density at radius 1 is 1.35 bits per heavy atom. The summed E-state index contributed by atoms with van der Waals surface area (Å²) >= 11 is 0. The molecule has 1 aromatic carbocycles. The van der Waals surface area contributed by atoms with Crippen molar-refractivity contribution in [3.63, 3.8) is 0 Å². The van der Waals surface area contributed by atoms with Crippen molar-refractivity contribution in [2.24, 2.45) is 0 Å². The first-order valence-electron chi connectivity index (χ1n) is 5.87. The summed E-state index contributed by atoms with van der Waals surface area (Å²) in [5.74, 6) is -1.88. The maximum Gasteiger partial charge on any atom is 0.339 e. The van der Waals surface area contributed by atoms with Crippen LogP contribution in [0.1, 0.15) is 16.1 Å². The van der Waals surface area contributed by atoms with E-state index in [4.69, 9.17) is 9.15 Å². The highest BCUT2D eigenvalue weighted by Gasteiger charge is 2.24. The van der Waals surface area contributed by atoms with Gasteiger partial charge in [0.1, 0.15) is 22.7 Å². The van der Waals surface area contributed by atoms with E-state index in [0.29, 0.717) is 11.0 Å². The number of furan rings is 1. The first-order valence-corrected chi connectivity index (χ1v) is 7.70. The van der Waals surface area contributed by atoms with E-state index in [2.05, 4.69) is 0 Å². The molecular formula is C13H14O6S. The molecular weight excluding hydrogens is 284 g/mol. The number of para-hydroxylation sites is 1. The van der Waals surface area contributed by atoms with Crippen molar-refractivity contribution in [1.82, 2.24) is 0 Å². The maximum absolute atomic E-state index is 11.9. The molecule has 0 radical (unpaired) electrons. The molecule has 1 aromatic heterocycles. The minimum Gasteiger partial charge on any atom is -0.478 e. The van der Waals surface area contributed by atoms with E-state index in [1.165, 1.54) is 7.11 Å². The molecule has 2 rings (SSSR count). The molecule has 1 heterocycles. The maximum atomic E-state index is 11.9. The molecule has 0 fully saturated rings. The number of aromatic carboxylic acids is 1. The van der Waals surface area contributed by atoms with Crippen LogP contribution < -0.4 is 0 Å². The first-order chi connectivity index (χ1) is 9.44. The van der Waals surface area contributed by atoms with Crippen LogP contribution in [0.2, 0.25) is 0 Å². The van der Waals surface area contributed by atoms with Crippen molar-refractivity contribution in [1.29, 1.82) is 0 Å². The molecule has 20 heavy (non-hydrogen) atoms. The van der Waals surface area contributed by atoms with Gasteiger partial charge >= 0.3 is 5.97 Å². The van der Waals surface area contributed by atoms with Crippen molar-refractivity contribution in [2.45, 2.75) is 5.75 Å². The molecule has 0 saturated heterocycles. The number of carbonyl (C=O) groups is 1. The van der Waals surface area contributed by atoms with Gasteiger partial charge in [0.05, 0.1) is 12.4 Å². The fourth-order valence-corrected chi connectivity index (χ4v) is 3.08. The van der Waals surface area contributed by atoms with Crippen LogP contribution in [-0.4, -0.2) is 39.0 Å². The van der Waals surface area contributed by atoms with Crippen LogP contribution in [0.15, 0.2) is 28.7 Å². The molecule has 0 atom stereocenters. The van der Waals surface area contributed by atoms with Gasteiger partial charge in [0.15, 0.2) is 9.84 Å². The second-order valence-electron chi connectivity index (χ2n) is 4.29. The third-order valence-electron chi connectivity index (χ3n) is 2.83. The van der Waals surface area contributed by atoms with Crippen LogP contribution in [0.5, 0.6) is 0 Å². The lowest BCUT2D eigenvalue weighted by molar-refractivity contribution is 0.0697. The van der Waals surface area contributed by atoms with Crippen LogP contribution in [-0.2, 0) is 20.3 Å². The van der Waals surface area contributed by atoms with Gasteiger partial charge in [-0.25, -0.2) is 13.2 Å². The molecule has 0 spiro atoms. The minimum absolute atomic E-state index is 0.0465. The van der Waals surface area contributed by atoms with Gasteiger partial charge in [0.25, 0.3) is 0 Å². The normalized spacial score (nSPS) is 11.8. The SMILES string of the molecule is COCCS(=O)(=O)Cc1oc2ccccc2c1C(=O)O. The van der Waals surface area contributed by atoms with Crippen molar-refractivity contribution < 1.29 is 27.5 Å². The van der Waals surface area contributed by atoms with Gasteiger partial charge in [0.2, 0.25) is 0 Å². The Balaban J connectivity index is 2.44. The van der Waals surface area contributed by atoms with Crippen molar-refractivity contribution >= 4 is 26.8 Å². The summed E-state index contributed by atoms with van der Waals surface area (Å²) in [6, 6.07) is 6.56. The van der Waals surface area contributed by atoms with Crippen LogP contribution in [0.4, 0.5) is 0 Å². The minimum atomic E-state index is -3.48. The van der Waals surface area contributed by atoms with E-state index >= 15 is 0 Å². The summed E-state index contributed by atoms with van der Waals surface area (Å²) in [5.41, 5.74) is 0.267. The van der Waals surface area contributed by atoms with Gasteiger partial charge in [-0.3, -0.25) is 0 Å². The topological polar surface area (TPSA) is 93.8 Å². The molecule has 1 N–H and O–H groups in total.